The number of rotatable bonds is 5. The van der Waals surface area contributed by atoms with Crippen molar-refractivity contribution in [3.63, 3.8) is 0 Å². The molecule has 0 saturated carbocycles. The first-order chi connectivity index (χ1) is 6.95. The summed E-state index contributed by atoms with van der Waals surface area (Å²) in [6.07, 6.45) is 0. The van der Waals surface area contributed by atoms with Gasteiger partial charge < -0.3 is 9.47 Å². The van der Waals surface area contributed by atoms with E-state index in [1.165, 1.54) is 7.11 Å². The molecule has 0 unspecified atom stereocenters. The zero-order valence-electron chi connectivity index (χ0n) is 11.9. The highest BCUT2D eigenvalue weighted by atomic mass is 28.3. The van der Waals surface area contributed by atoms with Gasteiger partial charge in [0.2, 0.25) is 0 Å². The Kier molecular flexibility index (Phi) is 4.77. The lowest BCUT2D eigenvalue weighted by Crippen LogP contribution is -2.51. The minimum atomic E-state index is -1.43. The van der Waals surface area contributed by atoms with Gasteiger partial charge in [-0.15, -0.1) is 0 Å². The summed E-state index contributed by atoms with van der Waals surface area (Å²) in [6.45, 7) is 15.2. The Labute approximate surface area is 101 Å². The van der Waals surface area contributed by atoms with E-state index in [9.17, 15) is 4.79 Å². The molecule has 0 aliphatic rings. The maximum absolute atomic E-state index is 11.5. The van der Waals surface area contributed by atoms with Crippen LogP contribution < -0.4 is 0 Å². The highest BCUT2D eigenvalue weighted by Gasteiger charge is 2.49. The summed E-state index contributed by atoms with van der Waals surface area (Å²) in [5.74, 6) is -0.293. The van der Waals surface area contributed by atoms with Crippen LogP contribution in [0.15, 0.2) is 0 Å². The number of esters is 1. The Morgan fingerprint density at radius 1 is 1.12 bits per heavy atom. The maximum Gasteiger partial charge on any atom is 0.332 e. The molecule has 0 saturated heterocycles. The van der Waals surface area contributed by atoms with Gasteiger partial charge in [0.25, 0.3) is 0 Å². The van der Waals surface area contributed by atoms with Crippen molar-refractivity contribution in [1.29, 1.82) is 0 Å². The third-order valence-corrected chi connectivity index (χ3v) is 8.36. The van der Waals surface area contributed by atoms with E-state index in [1.807, 2.05) is 13.8 Å². The van der Waals surface area contributed by atoms with E-state index in [0.717, 1.165) is 0 Å². The Bertz CT molecular complexity index is 251. The number of carbonyl (C=O) groups is 1. The summed E-state index contributed by atoms with van der Waals surface area (Å²) in [6, 6.07) is 0. The van der Waals surface area contributed by atoms with Gasteiger partial charge in [-0.3, -0.25) is 0 Å². The Morgan fingerprint density at radius 3 is 1.88 bits per heavy atom. The number of hydrogen-bond acceptors (Lipinski definition) is 3. The number of hydrogen-bond donors (Lipinski definition) is 0. The normalized spacial score (nSPS) is 13.8. The van der Waals surface area contributed by atoms with E-state index in [4.69, 9.17) is 9.47 Å². The van der Waals surface area contributed by atoms with Gasteiger partial charge in [-0.25, -0.2) is 4.79 Å². The van der Waals surface area contributed by atoms with E-state index < -0.39 is 13.7 Å². The lowest BCUT2D eigenvalue weighted by Gasteiger charge is -2.48. The van der Waals surface area contributed by atoms with E-state index >= 15 is 0 Å². The van der Waals surface area contributed by atoms with E-state index in [1.54, 1.807) is 0 Å². The molecule has 0 atom stereocenters. The minimum Gasteiger partial charge on any atom is -0.458 e. The summed E-state index contributed by atoms with van der Waals surface area (Å²) in [7, 11) is 0.0698. The van der Waals surface area contributed by atoms with Crippen molar-refractivity contribution in [3.05, 3.63) is 0 Å². The molecule has 0 radical (unpaired) electrons. The topological polar surface area (TPSA) is 35.5 Å². The molecule has 0 aromatic heterocycles. The fraction of sp³-hybridized carbons (Fsp3) is 0.917. The van der Waals surface area contributed by atoms with Gasteiger partial charge in [0.1, 0.15) is 12.2 Å². The van der Waals surface area contributed by atoms with Gasteiger partial charge in [-0.05, 0) is 18.9 Å². The van der Waals surface area contributed by atoms with Crippen LogP contribution in [0.5, 0.6) is 0 Å². The average Bonchev–Trinajstić information content (AvgIpc) is 2.00. The van der Waals surface area contributed by atoms with Crippen LogP contribution in [0.4, 0.5) is 0 Å². The Morgan fingerprint density at radius 2 is 1.56 bits per heavy atom. The fourth-order valence-corrected chi connectivity index (χ4v) is 3.32. The van der Waals surface area contributed by atoms with Gasteiger partial charge >= 0.3 is 5.97 Å². The van der Waals surface area contributed by atoms with Gasteiger partial charge in [0.05, 0.1) is 8.07 Å². The van der Waals surface area contributed by atoms with Crippen LogP contribution in [0.3, 0.4) is 0 Å². The smallest absolute Gasteiger partial charge is 0.332 e. The lowest BCUT2D eigenvalue weighted by molar-refractivity contribution is -0.164. The van der Waals surface area contributed by atoms with Crippen LogP contribution in [0, 0.1) is 0 Å². The first kappa shape index (κ1) is 15.6. The summed E-state index contributed by atoms with van der Waals surface area (Å²) in [5, 5.41) is 0.00337. The Balaban J connectivity index is 4.84. The van der Waals surface area contributed by atoms with Crippen molar-refractivity contribution in [2.75, 3.05) is 13.7 Å². The van der Waals surface area contributed by atoms with Crippen molar-refractivity contribution >= 4 is 14.0 Å². The molecule has 0 aliphatic heterocycles. The van der Waals surface area contributed by atoms with Crippen LogP contribution in [0.2, 0.25) is 24.7 Å². The van der Waals surface area contributed by atoms with Crippen molar-refractivity contribution in [2.45, 2.75) is 58.0 Å². The molecule has 0 aliphatic carbocycles. The molecule has 3 nitrogen and oxygen atoms in total. The highest BCUT2D eigenvalue weighted by Crippen LogP contribution is 2.48. The van der Waals surface area contributed by atoms with Crippen LogP contribution >= 0.6 is 0 Å². The standard InChI is InChI=1S/C12H26O3Si/c1-11(2,15-10(13)9-14-5)12(3,4)16(6,7)8/h9H2,1-8H3. The van der Waals surface area contributed by atoms with Crippen LogP contribution in [-0.4, -0.2) is 33.4 Å². The van der Waals surface area contributed by atoms with E-state index in [0.29, 0.717) is 0 Å². The molecule has 0 aromatic carbocycles. The second-order valence-corrected chi connectivity index (χ2v) is 12.0. The Hall–Kier alpha value is -0.353. The molecule has 0 heterocycles. The van der Waals surface area contributed by atoms with Gasteiger partial charge in [-0.1, -0.05) is 33.5 Å². The molecule has 4 heteroatoms. The minimum absolute atomic E-state index is 0.00337. The first-order valence-electron chi connectivity index (χ1n) is 5.66. The summed E-state index contributed by atoms with van der Waals surface area (Å²) in [4.78, 5) is 11.5. The van der Waals surface area contributed by atoms with Gasteiger partial charge in [-0.2, -0.15) is 0 Å². The largest absolute Gasteiger partial charge is 0.458 e. The van der Waals surface area contributed by atoms with Crippen molar-refractivity contribution in [2.24, 2.45) is 0 Å². The van der Waals surface area contributed by atoms with Crippen LogP contribution in [0.25, 0.3) is 0 Å². The molecule has 0 aromatic rings. The van der Waals surface area contributed by atoms with Crippen LogP contribution in [-0.2, 0) is 14.3 Å². The predicted molar refractivity (Wildman–Crippen MR) is 69.4 cm³/mol. The van der Waals surface area contributed by atoms with Crippen molar-refractivity contribution < 1.29 is 14.3 Å². The third-order valence-electron chi connectivity index (χ3n) is 4.01. The molecule has 0 rings (SSSR count). The van der Waals surface area contributed by atoms with Crippen molar-refractivity contribution in [1.82, 2.24) is 0 Å². The zero-order chi connectivity index (χ0) is 13.2. The number of carbonyl (C=O) groups excluding carboxylic acids is 1. The highest BCUT2D eigenvalue weighted by molar-refractivity contribution is 6.79. The molecule has 96 valence electrons. The third kappa shape index (κ3) is 3.32. The van der Waals surface area contributed by atoms with Gasteiger partial charge in [0.15, 0.2) is 0 Å². The molecule has 0 N–H and O–H groups in total. The molecular formula is C12H26O3Si. The monoisotopic (exact) mass is 246 g/mol. The fourth-order valence-electron chi connectivity index (χ4n) is 1.46. The molecule has 16 heavy (non-hydrogen) atoms. The number of methoxy groups -OCH3 is 1. The van der Waals surface area contributed by atoms with Crippen molar-refractivity contribution in [3.8, 4) is 0 Å². The maximum atomic E-state index is 11.5. The molecule has 0 fully saturated rings. The molecular weight excluding hydrogens is 220 g/mol. The quantitative estimate of drug-likeness (QED) is 0.552. The first-order valence-corrected chi connectivity index (χ1v) is 9.16. The van der Waals surface area contributed by atoms with Crippen LogP contribution in [0.1, 0.15) is 27.7 Å². The summed E-state index contributed by atoms with van der Waals surface area (Å²) in [5.41, 5.74) is -0.465. The summed E-state index contributed by atoms with van der Waals surface area (Å²) < 4.78 is 10.3. The SMILES string of the molecule is COCC(=O)OC(C)(C)C(C)(C)[Si](C)(C)C. The predicted octanol–water partition coefficient (Wildman–Crippen LogP) is 3.07. The second kappa shape index (κ2) is 4.88. The van der Waals surface area contributed by atoms with Gasteiger partial charge in [0, 0.05) is 7.11 Å². The second-order valence-electron chi connectivity index (χ2n) is 6.29. The molecule has 0 spiro atoms. The molecule has 0 bridgehead atoms. The zero-order valence-corrected chi connectivity index (χ0v) is 12.9. The molecule has 0 amide bonds. The van der Waals surface area contributed by atoms with E-state index in [2.05, 4.69) is 33.5 Å². The average molecular weight is 246 g/mol. The van der Waals surface area contributed by atoms with E-state index in [-0.39, 0.29) is 17.6 Å². The lowest BCUT2D eigenvalue weighted by atomic mass is 9.93. The number of ether oxygens (including phenoxy) is 2. The summed E-state index contributed by atoms with van der Waals surface area (Å²) >= 11 is 0.